The van der Waals surface area contributed by atoms with Gasteiger partial charge in [0.2, 0.25) is 10.0 Å². The zero-order valence-corrected chi connectivity index (χ0v) is 14.2. The second-order valence-corrected chi connectivity index (χ2v) is 8.18. The second-order valence-electron chi connectivity index (χ2n) is 5.53. The summed E-state index contributed by atoms with van der Waals surface area (Å²) in [4.78, 5) is 0.353. The van der Waals surface area contributed by atoms with Crippen molar-refractivity contribution >= 4 is 26.0 Å². The second kappa shape index (κ2) is 6.13. The lowest BCUT2D eigenvalue weighted by Crippen LogP contribution is -2.55. The zero-order valence-electron chi connectivity index (χ0n) is 11.8. The summed E-state index contributed by atoms with van der Waals surface area (Å²) < 4.78 is 32.4. The summed E-state index contributed by atoms with van der Waals surface area (Å²) in [6.45, 7) is 5.06. The van der Waals surface area contributed by atoms with Crippen molar-refractivity contribution < 1.29 is 13.2 Å². The number of hydrogen-bond donors (Lipinski definition) is 0. The van der Waals surface area contributed by atoms with Gasteiger partial charge in [0.05, 0.1) is 23.6 Å². The Morgan fingerprint density at radius 2 is 1.95 bits per heavy atom. The third kappa shape index (κ3) is 3.24. The van der Waals surface area contributed by atoms with Gasteiger partial charge in [-0.15, -0.1) is 0 Å². The standard InChI is InChI=1S/C14H20BrNO3S/c1-14(2)11-19-10-9-16(14)20(17,18)13-5-3-12(4-6-13)7-8-15/h3-6H,7-11H2,1-2H3. The summed E-state index contributed by atoms with van der Waals surface area (Å²) in [6.07, 6.45) is 0.892. The van der Waals surface area contributed by atoms with E-state index in [1.54, 1.807) is 16.4 Å². The molecule has 1 saturated heterocycles. The van der Waals surface area contributed by atoms with E-state index >= 15 is 0 Å². The van der Waals surface area contributed by atoms with E-state index in [1.165, 1.54) is 0 Å². The van der Waals surface area contributed by atoms with Gasteiger partial charge in [0.1, 0.15) is 0 Å². The fourth-order valence-corrected chi connectivity index (χ4v) is 4.56. The first kappa shape index (κ1) is 15.9. The van der Waals surface area contributed by atoms with Crippen LogP contribution in [0.2, 0.25) is 0 Å². The highest BCUT2D eigenvalue weighted by atomic mass is 79.9. The van der Waals surface area contributed by atoms with Crippen LogP contribution >= 0.6 is 15.9 Å². The molecule has 1 fully saturated rings. The molecular formula is C14H20BrNO3S. The molecule has 1 aromatic carbocycles. The van der Waals surface area contributed by atoms with E-state index in [0.717, 1.165) is 17.3 Å². The number of rotatable bonds is 4. The van der Waals surface area contributed by atoms with Crippen LogP contribution in [0.15, 0.2) is 29.2 Å². The Morgan fingerprint density at radius 1 is 1.30 bits per heavy atom. The van der Waals surface area contributed by atoms with Gasteiger partial charge in [-0.25, -0.2) is 8.42 Å². The van der Waals surface area contributed by atoms with Crippen LogP contribution in [0.1, 0.15) is 19.4 Å². The molecule has 0 radical (unpaired) electrons. The third-order valence-electron chi connectivity index (χ3n) is 3.46. The molecule has 20 heavy (non-hydrogen) atoms. The average Bonchev–Trinajstić information content (AvgIpc) is 2.39. The van der Waals surface area contributed by atoms with E-state index in [2.05, 4.69) is 15.9 Å². The summed E-state index contributed by atoms with van der Waals surface area (Å²) in [5.41, 5.74) is 0.619. The van der Waals surface area contributed by atoms with Gasteiger partial charge in [-0.3, -0.25) is 0 Å². The van der Waals surface area contributed by atoms with Gasteiger partial charge in [0.15, 0.2) is 0 Å². The highest BCUT2D eigenvalue weighted by molar-refractivity contribution is 9.09. The average molecular weight is 362 g/mol. The van der Waals surface area contributed by atoms with Gasteiger partial charge in [0, 0.05) is 11.9 Å². The van der Waals surface area contributed by atoms with Crippen molar-refractivity contribution in [3.63, 3.8) is 0 Å². The molecule has 0 atom stereocenters. The fourth-order valence-electron chi connectivity index (χ4n) is 2.35. The van der Waals surface area contributed by atoms with Crippen LogP contribution < -0.4 is 0 Å². The van der Waals surface area contributed by atoms with Gasteiger partial charge in [-0.2, -0.15) is 4.31 Å². The first-order valence-corrected chi connectivity index (χ1v) is 9.19. The zero-order chi connectivity index (χ0) is 14.8. The highest BCUT2D eigenvalue weighted by Gasteiger charge is 2.39. The molecule has 0 aromatic heterocycles. The fraction of sp³-hybridized carbons (Fsp3) is 0.571. The van der Waals surface area contributed by atoms with Crippen LogP contribution in [0, 0.1) is 0 Å². The minimum absolute atomic E-state index is 0.353. The van der Waals surface area contributed by atoms with E-state index in [-0.39, 0.29) is 0 Å². The first-order chi connectivity index (χ1) is 9.38. The summed E-state index contributed by atoms with van der Waals surface area (Å²) >= 11 is 3.38. The predicted octanol–water partition coefficient (Wildman–Crippen LogP) is 2.42. The number of aryl methyl sites for hydroxylation is 1. The monoisotopic (exact) mass is 361 g/mol. The molecule has 0 spiro atoms. The van der Waals surface area contributed by atoms with E-state index in [0.29, 0.717) is 24.7 Å². The van der Waals surface area contributed by atoms with Crippen molar-refractivity contribution in [3.8, 4) is 0 Å². The summed E-state index contributed by atoms with van der Waals surface area (Å²) in [5, 5.41) is 0.871. The van der Waals surface area contributed by atoms with Crippen molar-refractivity contribution in [2.45, 2.75) is 30.7 Å². The number of hydrogen-bond acceptors (Lipinski definition) is 3. The van der Waals surface area contributed by atoms with Crippen LogP contribution in [-0.4, -0.2) is 43.4 Å². The van der Waals surface area contributed by atoms with Crippen molar-refractivity contribution in [2.24, 2.45) is 0 Å². The SMILES string of the molecule is CC1(C)COCCN1S(=O)(=O)c1ccc(CCBr)cc1. The van der Waals surface area contributed by atoms with Crippen molar-refractivity contribution in [1.29, 1.82) is 0 Å². The summed E-state index contributed by atoms with van der Waals surface area (Å²) in [7, 11) is -3.46. The van der Waals surface area contributed by atoms with E-state index in [9.17, 15) is 8.42 Å². The molecule has 0 amide bonds. The summed E-state index contributed by atoms with van der Waals surface area (Å²) in [5.74, 6) is 0. The quantitative estimate of drug-likeness (QED) is 0.773. The number of nitrogens with zero attached hydrogens (tertiary/aromatic N) is 1. The molecule has 0 bridgehead atoms. The molecule has 0 saturated carbocycles. The Kier molecular flexibility index (Phi) is 4.89. The Bertz CT molecular complexity index is 554. The largest absolute Gasteiger partial charge is 0.378 e. The predicted molar refractivity (Wildman–Crippen MR) is 82.7 cm³/mol. The number of morpholine rings is 1. The maximum atomic E-state index is 12.7. The topological polar surface area (TPSA) is 46.6 Å². The molecule has 6 heteroatoms. The van der Waals surface area contributed by atoms with Crippen molar-refractivity contribution in [3.05, 3.63) is 29.8 Å². The molecule has 2 rings (SSSR count). The molecule has 0 N–H and O–H groups in total. The molecule has 1 aliphatic rings. The van der Waals surface area contributed by atoms with E-state index in [1.807, 2.05) is 26.0 Å². The lowest BCUT2D eigenvalue weighted by molar-refractivity contribution is -0.00770. The van der Waals surface area contributed by atoms with Crippen molar-refractivity contribution in [1.82, 2.24) is 4.31 Å². The number of halogens is 1. The molecule has 0 aliphatic carbocycles. The molecule has 4 nitrogen and oxygen atoms in total. The van der Waals surface area contributed by atoms with Crippen molar-refractivity contribution in [2.75, 3.05) is 25.1 Å². The van der Waals surface area contributed by atoms with Gasteiger partial charge in [0.25, 0.3) is 0 Å². The summed E-state index contributed by atoms with van der Waals surface area (Å²) in [6, 6.07) is 7.14. The van der Waals surface area contributed by atoms with E-state index < -0.39 is 15.6 Å². The smallest absolute Gasteiger partial charge is 0.243 e. The van der Waals surface area contributed by atoms with Crippen LogP contribution in [0.25, 0.3) is 0 Å². The van der Waals surface area contributed by atoms with E-state index in [4.69, 9.17) is 4.74 Å². The lowest BCUT2D eigenvalue weighted by Gasteiger charge is -2.40. The third-order valence-corrected chi connectivity index (χ3v) is 5.99. The number of sulfonamides is 1. The maximum absolute atomic E-state index is 12.7. The number of alkyl halides is 1. The molecule has 1 heterocycles. The minimum atomic E-state index is -3.46. The van der Waals surface area contributed by atoms with Gasteiger partial charge < -0.3 is 4.74 Å². The molecule has 1 aliphatic heterocycles. The molecule has 1 aromatic rings. The van der Waals surface area contributed by atoms with Crippen LogP contribution in [0.5, 0.6) is 0 Å². The van der Waals surface area contributed by atoms with Gasteiger partial charge in [-0.05, 0) is 38.0 Å². The first-order valence-electron chi connectivity index (χ1n) is 6.63. The normalized spacial score (nSPS) is 19.9. The molecular weight excluding hydrogens is 342 g/mol. The Balaban J connectivity index is 2.29. The number of benzene rings is 1. The Hall–Kier alpha value is -0.430. The number of ether oxygens (including phenoxy) is 1. The van der Waals surface area contributed by atoms with Gasteiger partial charge >= 0.3 is 0 Å². The van der Waals surface area contributed by atoms with Crippen LogP contribution in [-0.2, 0) is 21.2 Å². The maximum Gasteiger partial charge on any atom is 0.243 e. The lowest BCUT2D eigenvalue weighted by atomic mass is 10.1. The molecule has 112 valence electrons. The Labute approximate surface area is 129 Å². The highest BCUT2D eigenvalue weighted by Crippen LogP contribution is 2.27. The Morgan fingerprint density at radius 3 is 2.50 bits per heavy atom. The van der Waals surface area contributed by atoms with Crippen LogP contribution in [0.4, 0.5) is 0 Å². The van der Waals surface area contributed by atoms with Gasteiger partial charge in [-0.1, -0.05) is 28.1 Å². The van der Waals surface area contributed by atoms with Crippen LogP contribution in [0.3, 0.4) is 0 Å². The molecule has 0 unspecified atom stereocenters. The minimum Gasteiger partial charge on any atom is -0.378 e.